The average molecular weight is 641 g/mol. The molecule has 4 N–H and O–H groups in total. The molecule has 0 spiro atoms. The third kappa shape index (κ3) is 32.6. The number of quaternary nitrogens is 1. The molecule has 0 bridgehead atoms. The number of ether oxygens (including phenoxy) is 2. The second-order valence-corrected chi connectivity index (χ2v) is 13.9. The lowest BCUT2D eigenvalue weighted by Gasteiger charge is -2.25. The summed E-state index contributed by atoms with van der Waals surface area (Å²) in [6, 6.07) is 0. The average Bonchev–Trinajstić information content (AvgIpc) is 3.02. The first kappa shape index (κ1) is 43.9. The summed E-state index contributed by atoms with van der Waals surface area (Å²) in [5.74, 6) is -0.290. The molecule has 0 aromatic heterocycles. The van der Waals surface area contributed by atoms with E-state index in [0.29, 0.717) is 45.3 Å². The monoisotopic (exact) mass is 641 g/mol. The quantitative estimate of drug-likeness (QED) is 0.0524. The summed E-state index contributed by atoms with van der Waals surface area (Å²) in [6.45, 7) is 5.15. The number of aliphatic hydroxyl groups is 1. The minimum atomic E-state index is -0.458. The van der Waals surface area contributed by atoms with Crippen molar-refractivity contribution in [2.45, 2.75) is 218 Å². The molecule has 0 atom stereocenters. The van der Waals surface area contributed by atoms with E-state index in [-0.39, 0.29) is 18.5 Å². The minimum Gasteiger partial charge on any atom is -0.465 e. The number of hydrogen-bond acceptors (Lipinski definition) is 5. The SMILES string of the molecule is CCCCCCCCCCCCCCCC(=O)OCCC([NH3+])(CCO)CCOC(=O)CCCCCCCCCCCCCCC. The van der Waals surface area contributed by atoms with Crippen molar-refractivity contribution in [1.29, 1.82) is 0 Å². The van der Waals surface area contributed by atoms with Gasteiger partial charge in [-0.1, -0.05) is 168 Å². The van der Waals surface area contributed by atoms with Crippen molar-refractivity contribution >= 4 is 11.9 Å². The zero-order valence-electron chi connectivity index (χ0n) is 30.3. The number of aliphatic hydroxyl groups excluding tert-OH is 1. The van der Waals surface area contributed by atoms with Gasteiger partial charge in [0.15, 0.2) is 0 Å². The summed E-state index contributed by atoms with van der Waals surface area (Å²) >= 11 is 0. The molecule has 0 unspecified atom stereocenters. The Hall–Kier alpha value is -1.14. The smallest absolute Gasteiger partial charge is 0.305 e. The molecule has 45 heavy (non-hydrogen) atoms. The van der Waals surface area contributed by atoms with Crippen molar-refractivity contribution in [3.63, 3.8) is 0 Å². The Morgan fingerprint density at radius 1 is 0.467 bits per heavy atom. The summed E-state index contributed by atoms with van der Waals surface area (Å²) in [4.78, 5) is 24.4. The van der Waals surface area contributed by atoms with Gasteiger partial charge in [-0.2, -0.15) is 0 Å². The van der Waals surface area contributed by atoms with Gasteiger partial charge in [-0.3, -0.25) is 9.59 Å². The molecule has 0 amide bonds. The Labute approximate surface area is 279 Å². The molecule has 0 fully saturated rings. The van der Waals surface area contributed by atoms with E-state index in [1.165, 1.54) is 141 Å². The second kappa shape index (κ2) is 34.2. The van der Waals surface area contributed by atoms with E-state index >= 15 is 0 Å². The van der Waals surface area contributed by atoms with Crippen LogP contribution < -0.4 is 5.73 Å². The maximum Gasteiger partial charge on any atom is 0.305 e. The van der Waals surface area contributed by atoms with Crippen LogP contribution in [-0.4, -0.2) is 42.4 Å². The summed E-state index contributed by atoms with van der Waals surface area (Å²) in [5, 5.41) is 9.54. The number of carbonyl (C=O) groups is 2. The van der Waals surface area contributed by atoms with Crippen LogP contribution in [-0.2, 0) is 19.1 Å². The molecule has 0 aromatic rings. The van der Waals surface area contributed by atoms with E-state index in [4.69, 9.17) is 9.47 Å². The van der Waals surface area contributed by atoms with Gasteiger partial charge in [-0.05, 0) is 12.8 Å². The van der Waals surface area contributed by atoms with E-state index in [9.17, 15) is 14.7 Å². The lowest BCUT2D eigenvalue weighted by Crippen LogP contribution is -2.73. The van der Waals surface area contributed by atoms with E-state index in [0.717, 1.165) is 25.7 Å². The molecule has 0 heterocycles. The predicted octanol–water partition coefficient (Wildman–Crippen LogP) is 10.2. The molecule has 0 saturated carbocycles. The Bertz CT molecular complexity index is 593. The van der Waals surface area contributed by atoms with E-state index in [1.807, 2.05) is 0 Å². The van der Waals surface area contributed by atoms with Gasteiger partial charge in [-0.15, -0.1) is 0 Å². The predicted molar refractivity (Wildman–Crippen MR) is 189 cm³/mol. The highest BCUT2D eigenvalue weighted by molar-refractivity contribution is 5.69. The van der Waals surface area contributed by atoms with Crippen molar-refractivity contribution in [1.82, 2.24) is 0 Å². The van der Waals surface area contributed by atoms with Crippen LogP contribution in [0.3, 0.4) is 0 Å². The lowest BCUT2D eigenvalue weighted by molar-refractivity contribution is -0.485. The lowest BCUT2D eigenvalue weighted by atomic mass is 9.90. The first-order valence-electron chi connectivity index (χ1n) is 19.7. The van der Waals surface area contributed by atoms with Crippen LogP contribution in [0.4, 0.5) is 0 Å². The van der Waals surface area contributed by atoms with Crippen molar-refractivity contribution in [2.75, 3.05) is 19.8 Å². The Kier molecular flexibility index (Phi) is 33.3. The fraction of sp³-hybridized carbons (Fsp3) is 0.949. The van der Waals surface area contributed by atoms with Gasteiger partial charge in [0.2, 0.25) is 0 Å². The van der Waals surface area contributed by atoms with Crippen molar-refractivity contribution in [3.8, 4) is 0 Å². The third-order valence-corrected chi connectivity index (χ3v) is 9.40. The molecular formula is C39H78NO5+. The van der Waals surface area contributed by atoms with E-state index in [2.05, 4.69) is 19.6 Å². The highest BCUT2D eigenvalue weighted by Crippen LogP contribution is 2.17. The molecule has 0 aliphatic rings. The molecule has 0 aromatic carbocycles. The number of carbonyl (C=O) groups excluding carboxylic acids is 2. The second-order valence-electron chi connectivity index (χ2n) is 13.9. The Balaban J connectivity index is 3.72. The molecule has 6 nitrogen and oxygen atoms in total. The summed E-state index contributed by atoms with van der Waals surface area (Å²) in [5.41, 5.74) is 3.83. The van der Waals surface area contributed by atoms with Gasteiger partial charge in [-0.25, -0.2) is 0 Å². The molecule has 0 saturated heterocycles. The topological polar surface area (TPSA) is 100 Å². The Morgan fingerprint density at radius 2 is 0.733 bits per heavy atom. The Morgan fingerprint density at radius 3 is 1.00 bits per heavy atom. The van der Waals surface area contributed by atoms with Crippen LogP contribution in [0.5, 0.6) is 0 Å². The molecule has 0 aliphatic heterocycles. The normalized spacial score (nSPS) is 11.6. The summed E-state index contributed by atoms with van der Waals surface area (Å²) < 4.78 is 11.0. The van der Waals surface area contributed by atoms with Crippen molar-refractivity contribution in [2.24, 2.45) is 0 Å². The summed E-state index contributed by atoms with van der Waals surface area (Å²) in [6.07, 6.45) is 36.0. The van der Waals surface area contributed by atoms with Gasteiger partial charge in [0, 0.05) is 38.7 Å². The first-order chi connectivity index (χ1) is 22.0. The maximum atomic E-state index is 12.2. The standard InChI is InChI=1S/C39H77NO5/c1-3-5-7-9-11-13-15-17-19-21-23-25-27-29-37(42)44-35-32-39(40,31-34-41)33-36-45-38(43)30-28-26-24-22-20-18-16-14-12-10-8-6-4-2/h41H,3-36,40H2,1-2H3/p+1. The van der Waals surface area contributed by atoms with Crippen LogP contribution in [0.15, 0.2) is 0 Å². The zero-order valence-corrected chi connectivity index (χ0v) is 30.3. The number of hydrogen-bond donors (Lipinski definition) is 2. The zero-order chi connectivity index (χ0) is 33.1. The van der Waals surface area contributed by atoms with Crippen LogP contribution in [0.2, 0.25) is 0 Å². The number of rotatable bonds is 36. The molecule has 6 heteroatoms. The highest BCUT2D eigenvalue weighted by atomic mass is 16.5. The summed E-state index contributed by atoms with van der Waals surface area (Å²) in [7, 11) is 0. The van der Waals surface area contributed by atoms with Crippen LogP contribution in [0, 0.1) is 0 Å². The number of unbranched alkanes of at least 4 members (excludes halogenated alkanes) is 24. The van der Waals surface area contributed by atoms with Crippen LogP contribution in [0.25, 0.3) is 0 Å². The van der Waals surface area contributed by atoms with Crippen LogP contribution >= 0.6 is 0 Å². The minimum absolute atomic E-state index is 0.0172. The molecule has 0 rings (SSSR count). The fourth-order valence-electron chi connectivity index (χ4n) is 6.09. The van der Waals surface area contributed by atoms with Gasteiger partial charge in [0.1, 0.15) is 5.54 Å². The van der Waals surface area contributed by atoms with Crippen molar-refractivity contribution < 1.29 is 29.9 Å². The molecule has 268 valence electrons. The van der Waals surface area contributed by atoms with Gasteiger partial charge in [0.25, 0.3) is 0 Å². The van der Waals surface area contributed by atoms with Crippen LogP contribution in [0.1, 0.15) is 213 Å². The molecule has 0 radical (unpaired) electrons. The van der Waals surface area contributed by atoms with E-state index < -0.39 is 5.54 Å². The number of esters is 2. The largest absolute Gasteiger partial charge is 0.465 e. The molecular weight excluding hydrogens is 562 g/mol. The van der Waals surface area contributed by atoms with Gasteiger partial charge >= 0.3 is 11.9 Å². The van der Waals surface area contributed by atoms with Gasteiger partial charge < -0.3 is 20.3 Å². The third-order valence-electron chi connectivity index (χ3n) is 9.40. The van der Waals surface area contributed by atoms with E-state index in [1.54, 1.807) is 0 Å². The first-order valence-corrected chi connectivity index (χ1v) is 19.7. The fourth-order valence-corrected chi connectivity index (χ4v) is 6.09. The highest BCUT2D eigenvalue weighted by Gasteiger charge is 2.29. The maximum absolute atomic E-state index is 12.2. The van der Waals surface area contributed by atoms with Crippen molar-refractivity contribution in [3.05, 3.63) is 0 Å². The van der Waals surface area contributed by atoms with Gasteiger partial charge in [0.05, 0.1) is 13.2 Å². The molecule has 0 aliphatic carbocycles.